The Bertz CT molecular complexity index is 863. The third-order valence-corrected chi connectivity index (χ3v) is 5.99. The van der Waals surface area contributed by atoms with Crippen LogP contribution in [0.2, 0.25) is 0 Å². The highest BCUT2D eigenvalue weighted by Crippen LogP contribution is 2.20. The molecule has 1 aliphatic heterocycles. The van der Waals surface area contributed by atoms with Gasteiger partial charge in [0.05, 0.1) is 24.2 Å². The van der Waals surface area contributed by atoms with Crippen molar-refractivity contribution in [1.82, 2.24) is 10.3 Å². The van der Waals surface area contributed by atoms with E-state index in [1.165, 1.54) is 6.20 Å². The molecule has 0 saturated carbocycles. The number of hydrogen-bond donors (Lipinski definition) is 1. The fourth-order valence-electron chi connectivity index (χ4n) is 2.89. The first-order chi connectivity index (χ1) is 12.0. The molecule has 0 unspecified atom stereocenters. The molecule has 1 aromatic heterocycles. The lowest BCUT2D eigenvalue weighted by molar-refractivity contribution is 0.0940. The van der Waals surface area contributed by atoms with E-state index < -0.39 is 9.84 Å². The first-order valence-corrected chi connectivity index (χ1v) is 9.87. The van der Waals surface area contributed by atoms with Gasteiger partial charge in [-0.2, -0.15) is 0 Å². The highest BCUT2D eigenvalue weighted by Gasteiger charge is 2.29. The lowest BCUT2D eigenvalue weighted by atomic mass is 10.1. The summed E-state index contributed by atoms with van der Waals surface area (Å²) in [4.78, 5) is 16.6. The number of aromatic nitrogens is 1. The number of ether oxygens (including phenoxy) is 1. The molecule has 132 valence electrons. The molecule has 1 fully saturated rings. The molecule has 1 amide bonds. The Kier molecular flexibility index (Phi) is 5.03. The van der Waals surface area contributed by atoms with Crippen LogP contribution in [0.1, 0.15) is 28.0 Å². The number of rotatable bonds is 5. The first-order valence-electron chi connectivity index (χ1n) is 8.05. The van der Waals surface area contributed by atoms with Crippen LogP contribution in [0.4, 0.5) is 0 Å². The van der Waals surface area contributed by atoms with Crippen LogP contribution in [-0.2, 0) is 16.3 Å². The molecule has 0 aliphatic carbocycles. The molecule has 0 radical (unpaired) electrons. The van der Waals surface area contributed by atoms with Gasteiger partial charge >= 0.3 is 0 Å². The summed E-state index contributed by atoms with van der Waals surface area (Å²) in [5.41, 5.74) is 2.27. The maximum absolute atomic E-state index is 12.2. The Morgan fingerprint density at radius 3 is 2.72 bits per heavy atom. The van der Waals surface area contributed by atoms with Crippen molar-refractivity contribution in [2.45, 2.75) is 18.9 Å². The topological polar surface area (TPSA) is 85.4 Å². The van der Waals surface area contributed by atoms with Crippen LogP contribution in [0, 0.1) is 0 Å². The minimum atomic E-state index is -3.01. The van der Waals surface area contributed by atoms with Crippen molar-refractivity contribution in [3.63, 3.8) is 0 Å². The minimum absolute atomic E-state index is 0.0120. The van der Waals surface area contributed by atoms with E-state index in [0.717, 1.165) is 17.0 Å². The molecule has 25 heavy (non-hydrogen) atoms. The molecule has 6 nitrogen and oxygen atoms in total. The number of nitrogens with one attached hydrogen (secondary N) is 1. The van der Waals surface area contributed by atoms with Gasteiger partial charge in [0.1, 0.15) is 5.75 Å². The predicted octanol–water partition coefficient (Wildman–Crippen LogP) is 1.60. The summed E-state index contributed by atoms with van der Waals surface area (Å²) in [5.74, 6) is 0.651. The Morgan fingerprint density at radius 1 is 1.28 bits per heavy atom. The zero-order chi connectivity index (χ0) is 17.9. The highest BCUT2D eigenvalue weighted by molar-refractivity contribution is 7.91. The summed E-state index contributed by atoms with van der Waals surface area (Å²) in [5, 5.41) is 2.76. The average Bonchev–Trinajstić information content (AvgIpc) is 2.94. The fraction of sp³-hybridized carbons (Fsp3) is 0.333. The van der Waals surface area contributed by atoms with E-state index in [4.69, 9.17) is 4.74 Å². The summed E-state index contributed by atoms with van der Waals surface area (Å²) < 4.78 is 28.2. The standard InChI is InChI=1S/C18H20N2O4S/c1-24-17-5-3-2-4-13(17)10-15-7-6-14(11-19-15)18(21)20-16-8-9-25(22,23)12-16/h2-7,11,16H,8-10,12H2,1H3,(H,20,21)/t16-/m1/s1. The number of para-hydroxylation sites is 1. The van der Waals surface area contributed by atoms with Gasteiger partial charge in [0.15, 0.2) is 9.84 Å². The highest BCUT2D eigenvalue weighted by atomic mass is 32.2. The van der Waals surface area contributed by atoms with E-state index in [1.807, 2.05) is 24.3 Å². The molecular weight excluding hydrogens is 340 g/mol. The maximum atomic E-state index is 12.2. The Morgan fingerprint density at radius 2 is 2.08 bits per heavy atom. The van der Waals surface area contributed by atoms with Crippen molar-refractivity contribution < 1.29 is 17.9 Å². The van der Waals surface area contributed by atoms with Crippen LogP contribution in [-0.4, -0.2) is 44.0 Å². The second kappa shape index (κ2) is 7.23. The second-order valence-corrected chi connectivity index (χ2v) is 8.33. The molecule has 1 saturated heterocycles. The molecule has 0 spiro atoms. The van der Waals surface area contributed by atoms with Gasteiger partial charge < -0.3 is 10.1 Å². The molecule has 1 aromatic carbocycles. The fourth-order valence-corrected chi connectivity index (χ4v) is 4.56. The lowest BCUT2D eigenvalue weighted by Gasteiger charge is -2.11. The number of benzene rings is 1. The average molecular weight is 360 g/mol. The zero-order valence-corrected chi connectivity index (χ0v) is 14.8. The van der Waals surface area contributed by atoms with Crippen molar-refractivity contribution in [3.05, 3.63) is 59.4 Å². The number of methoxy groups -OCH3 is 1. The molecule has 0 bridgehead atoms. The van der Waals surface area contributed by atoms with Crippen molar-refractivity contribution in [1.29, 1.82) is 0 Å². The number of carbonyl (C=O) groups excluding carboxylic acids is 1. The van der Waals surface area contributed by atoms with Crippen molar-refractivity contribution in [2.75, 3.05) is 18.6 Å². The van der Waals surface area contributed by atoms with Crippen LogP contribution < -0.4 is 10.1 Å². The number of sulfone groups is 1. The molecule has 1 atom stereocenters. The predicted molar refractivity (Wildman–Crippen MR) is 94.6 cm³/mol. The summed E-state index contributed by atoms with van der Waals surface area (Å²) in [6.07, 6.45) is 2.59. The van der Waals surface area contributed by atoms with Crippen LogP contribution in [0.5, 0.6) is 5.75 Å². The Hall–Kier alpha value is -2.41. The molecule has 1 aliphatic rings. The Labute approximate surface area is 147 Å². The van der Waals surface area contributed by atoms with E-state index in [0.29, 0.717) is 18.4 Å². The second-order valence-electron chi connectivity index (χ2n) is 6.10. The number of amides is 1. The molecule has 7 heteroatoms. The summed E-state index contributed by atoms with van der Waals surface area (Å²) >= 11 is 0. The van der Waals surface area contributed by atoms with Gasteiger partial charge in [-0.15, -0.1) is 0 Å². The van der Waals surface area contributed by atoms with Gasteiger partial charge in [-0.1, -0.05) is 18.2 Å². The van der Waals surface area contributed by atoms with Crippen LogP contribution >= 0.6 is 0 Å². The first kappa shape index (κ1) is 17.4. The van der Waals surface area contributed by atoms with Gasteiger partial charge in [0.25, 0.3) is 5.91 Å². The smallest absolute Gasteiger partial charge is 0.253 e. The molecule has 2 heterocycles. The summed E-state index contributed by atoms with van der Waals surface area (Å²) in [6.45, 7) is 0. The lowest BCUT2D eigenvalue weighted by Crippen LogP contribution is -2.35. The van der Waals surface area contributed by atoms with E-state index in [-0.39, 0.29) is 23.5 Å². The van der Waals surface area contributed by atoms with Gasteiger partial charge in [0, 0.05) is 29.9 Å². The third-order valence-electron chi connectivity index (χ3n) is 4.22. The van der Waals surface area contributed by atoms with E-state index in [2.05, 4.69) is 10.3 Å². The number of nitrogens with zero attached hydrogens (tertiary/aromatic N) is 1. The van der Waals surface area contributed by atoms with Crippen molar-refractivity contribution in [2.24, 2.45) is 0 Å². The third kappa shape index (κ3) is 4.36. The van der Waals surface area contributed by atoms with Crippen LogP contribution in [0.25, 0.3) is 0 Å². The normalized spacial score (nSPS) is 18.7. The van der Waals surface area contributed by atoms with Gasteiger partial charge in [-0.05, 0) is 24.6 Å². The number of pyridine rings is 1. The monoisotopic (exact) mass is 360 g/mol. The quantitative estimate of drug-likeness (QED) is 0.875. The van der Waals surface area contributed by atoms with E-state index in [9.17, 15) is 13.2 Å². The van der Waals surface area contributed by atoms with Gasteiger partial charge in [0.2, 0.25) is 0 Å². The van der Waals surface area contributed by atoms with E-state index in [1.54, 1.807) is 19.2 Å². The summed E-state index contributed by atoms with van der Waals surface area (Å²) in [7, 11) is -1.39. The maximum Gasteiger partial charge on any atom is 0.253 e. The Balaban J connectivity index is 1.65. The molecule has 2 aromatic rings. The number of hydrogen-bond acceptors (Lipinski definition) is 5. The zero-order valence-electron chi connectivity index (χ0n) is 13.9. The molecule has 1 N–H and O–H groups in total. The number of carbonyl (C=O) groups is 1. The minimum Gasteiger partial charge on any atom is -0.496 e. The van der Waals surface area contributed by atoms with Crippen LogP contribution in [0.15, 0.2) is 42.6 Å². The SMILES string of the molecule is COc1ccccc1Cc1ccc(C(=O)N[C@@H]2CCS(=O)(=O)C2)cn1. The largest absolute Gasteiger partial charge is 0.496 e. The van der Waals surface area contributed by atoms with Crippen molar-refractivity contribution in [3.8, 4) is 5.75 Å². The van der Waals surface area contributed by atoms with Gasteiger partial charge in [-0.25, -0.2) is 8.42 Å². The molecule has 3 rings (SSSR count). The van der Waals surface area contributed by atoms with Gasteiger partial charge in [-0.3, -0.25) is 9.78 Å². The molecular formula is C18H20N2O4S. The summed E-state index contributed by atoms with van der Waals surface area (Å²) in [6, 6.07) is 10.9. The van der Waals surface area contributed by atoms with Crippen molar-refractivity contribution >= 4 is 15.7 Å². The van der Waals surface area contributed by atoms with Crippen LogP contribution in [0.3, 0.4) is 0 Å². The van der Waals surface area contributed by atoms with E-state index >= 15 is 0 Å².